The fraction of sp³-hybridized carbons (Fsp3) is 0.294. The molecule has 0 aliphatic carbocycles. The number of morpholine rings is 1. The number of aromatic nitrogens is 1. The zero-order valence-corrected chi connectivity index (χ0v) is 23.1. The molecule has 1 N–H and O–H groups in total. The lowest BCUT2D eigenvalue weighted by atomic mass is 9.88. The first-order chi connectivity index (χ1) is 19.0. The molecule has 1 aliphatic rings. The number of amides is 1. The third-order valence-electron chi connectivity index (χ3n) is 7.30. The molecule has 0 bridgehead atoms. The lowest BCUT2D eigenvalue weighted by molar-refractivity contribution is -0.117. The monoisotopic (exact) mass is 519 g/mol. The predicted molar refractivity (Wildman–Crippen MR) is 160 cm³/mol. The highest BCUT2D eigenvalue weighted by Gasteiger charge is 2.22. The Balaban J connectivity index is 1.28. The smallest absolute Gasteiger partial charge is 0.231 e. The van der Waals surface area contributed by atoms with Gasteiger partial charge in [-0.15, -0.1) is 0 Å². The third-order valence-corrected chi connectivity index (χ3v) is 7.30. The van der Waals surface area contributed by atoms with Gasteiger partial charge in [-0.3, -0.25) is 9.78 Å². The summed E-state index contributed by atoms with van der Waals surface area (Å²) < 4.78 is 5.47. The van der Waals surface area contributed by atoms with Crippen molar-refractivity contribution in [1.82, 2.24) is 4.98 Å². The molecule has 1 fully saturated rings. The van der Waals surface area contributed by atoms with Gasteiger partial charge in [-0.25, -0.2) is 0 Å². The van der Waals surface area contributed by atoms with Gasteiger partial charge < -0.3 is 15.0 Å². The number of ether oxygens (including phenoxy) is 1. The molecule has 5 nitrogen and oxygen atoms in total. The summed E-state index contributed by atoms with van der Waals surface area (Å²) in [7, 11) is 0. The number of benzene rings is 3. The highest BCUT2D eigenvalue weighted by atomic mass is 16.5. The van der Waals surface area contributed by atoms with Crippen LogP contribution in [0.25, 0.3) is 22.3 Å². The molecule has 0 unspecified atom stereocenters. The van der Waals surface area contributed by atoms with Gasteiger partial charge in [0.15, 0.2) is 0 Å². The number of anilines is 2. The van der Waals surface area contributed by atoms with Crippen molar-refractivity contribution in [2.75, 3.05) is 36.5 Å². The number of aryl methyl sites for hydroxylation is 1. The number of carbonyl (C=O) groups is 1. The lowest BCUT2D eigenvalue weighted by Crippen LogP contribution is -2.36. The van der Waals surface area contributed by atoms with Crippen LogP contribution in [0.1, 0.15) is 37.4 Å². The summed E-state index contributed by atoms with van der Waals surface area (Å²) >= 11 is 0. The number of hydrogen-bond donors (Lipinski definition) is 1. The first-order valence-corrected chi connectivity index (χ1v) is 13.8. The number of hydrogen-bond acceptors (Lipinski definition) is 4. The van der Waals surface area contributed by atoms with E-state index in [2.05, 4.69) is 83.6 Å². The second-order valence-electron chi connectivity index (χ2n) is 10.7. The van der Waals surface area contributed by atoms with E-state index in [1.54, 1.807) is 0 Å². The van der Waals surface area contributed by atoms with Gasteiger partial charge in [0.2, 0.25) is 5.91 Å². The Morgan fingerprint density at radius 2 is 1.44 bits per heavy atom. The van der Waals surface area contributed by atoms with Gasteiger partial charge in [0.05, 0.1) is 19.1 Å². The maximum atomic E-state index is 13.5. The molecule has 0 radical (unpaired) electrons. The molecule has 3 aromatic carbocycles. The summed E-state index contributed by atoms with van der Waals surface area (Å²) in [5.74, 6) is 0.203. The standard InChI is InChI=1S/C34H37N3O2/c1-24(2)22-33(34(38)36-31-12-8-28(9-13-31)30-16-17-35-25(3)23-30)29-6-4-26(5-7-29)27-10-14-32(15-11-27)37-18-20-39-21-19-37/h4-17,23-24,33H,18-22H2,1-3H3,(H,36,38)/t33-/m0/s1. The van der Waals surface area contributed by atoms with E-state index in [9.17, 15) is 4.79 Å². The van der Waals surface area contributed by atoms with E-state index in [-0.39, 0.29) is 11.8 Å². The Kier molecular flexibility index (Phi) is 8.38. The van der Waals surface area contributed by atoms with E-state index < -0.39 is 0 Å². The van der Waals surface area contributed by atoms with Crippen LogP contribution in [0.4, 0.5) is 11.4 Å². The quantitative estimate of drug-likeness (QED) is 0.265. The molecular weight excluding hydrogens is 482 g/mol. The summed E-state index contributed by atoms with van der Waals surface area (Å²) in [5, 5.41) is 3.15. The van der Waals surface area contributed by atoms with Crippen molar-refractivity contribution in [3.05, 3.63) is 102 Å². The third kappa shape index (κ3) is 6.73. The average Bonchev–Trinajstić information content (AvgIpc) is 2.97. The highest BCUT2D eigenvalue weighted by molar-refractivity contribution is 5.96. The van der Waals surface area contributed by atoms with Crippen LogP contribution in [0, 0.1) is 12.8 Å². The molecule has 0 spiro atoms. The van der Waals surface area contributed by atoms with Crippen LogP contribution in [-0.4, -0.2) is 37.2 Å². The molecule has 5 rings (SSSR count). The maximum Gasteiger partial charge on any atom is 0.231 e. The Morgan fingerprint density at radius 3 is 2.05 bits per heavy atom. The first kappa shape index (κ1) is 26.6. The molecule has 1 amide bonds. The van der Waals surface area contributed by atoms with Crippen molar-refractivity contribution in [3.63, 3.8) is 0 Å². The SMILES string of the molecule is Cc1cc(-c2ccc(NC(=O)[C@@H](CC(C)C)c3ccc(-c4ccc(N5CCOCC5)cc4)cc3)cc2)ccn1. The van der Waals surface area contributed by atoms with Crippen LogP contribution in [-0.2, 0) is 9.53 Å². The summed E-state index contributed by atoms with van der Waals surface area (Å²) in [6.07, 6.45) is 2.61. The lowest BCUT2D eigenvalue weighted by Gasteiger charge is -2.28. The average molecular weight is 520 g/mol. The molecule has 1 atom stereocenters. The van der Waals surface area contributed by atoms with Crippen molar-refractivity contribution in [3.8, 4) is 22.3 Å². The van der Waals surface area contributed by atoms with Crippen LogP contribution >= 0.6 is 0 Å². The van der Waals surface area contributed by atoms with Crippen LogP contribution < -0.4 is 10.2 Å². The predicted octanol–water partition coefficient (Wildman–Crippen LogP) is 7.33. The second-order valence-corrected chi connectivity index (χ2v) is 10.7. The highest BCUT2D eigenvalue weighted by Crippen LogP contribution is 2.30. The minimum atomic E-state index is -0.217. The maximum absolute atomic E-state index is 13.5. The Morgan fingerprint density at radius 1 is 0.846 bits per heavy atom. The fourth-order valence-electron chi connectivity index (χ4n) is 5.16. The molecular formula is C34H37N3O2. The van der Waals surface area contributed by atoms with Gasteiger partial charge >= 0.3 is 0 Å². The van der Waals surface area contributed by atoms with Gasteiger partial charge in [0.1, 0.15) is 0 Å². The van der Waals surface area contributed by atoms with Gasteiger partial charge in [0.25, 0.3) is 0 Å². The first-order valence-electron chi connectivity index (χ1n) is 13.8. The topological polar surface area (TPSA) is 54.5 Å². The van der Waals surface area contributed by atoms with E-state index >= 15 is 0 Å². The number of carbonyl (C=O) groups excluding carboxylic acids is 1. The van der Waals surface area contributed by atoms with Crippen LogP contribution in [0.3, 0.4) is 0 Å². The van der Waals surface area contributed by atoms with E-state index in [0.29, 0.717) is 5.92 Å². The van der Waals surface area contributed by atoms with Crippen molar-refractivity contribution >= 4 is 17.3 Å². The zero-order chi connectivity index (χ0) is 27.2. The van der Waals surface area contributed by atoms with E-state index in [4.69, 9.17) is 4.74 Å². The van der Waals surface area contributed by atoms with E-state index in [1.165, 1.54) is 11.3 Å². The van der Waals surface area contributed by atoms with Crippen LogP contribution in [0.5, 0.6) is 0 Å². The van der Waals surface area contributed by atoms with Gasteiger partial charge in [-0.1, -0.05) is 62.4 Å². The normalized spacial score (nSPS) is 14.3. The Bertz CT molecular complexity index is 1370. The molecule has 5 heteroatoms. The minimum absolute atomic E-state index is 0.0267. The number of rotatable bonds is 8. The van der Waals surface area contributed by atoms with Crippen LogP contribution in [0.2, 0.25) is 0 Å². The van der Waals surface area contributed by atoms with Gasteiger partial charge in [0, 0.05) is 36.4 Å². The molecule has 1 aromatic heterocycles. The van der Waals surface area contributed by atoms with Crippen molar-refractivity contribution in [2.24, 2.45) is 5.92 Å². The van der Waals surface area contributed by atoms with E-state index in [0.717, 1.165) is 66.4 Å². The van der Waals surface area contributed by atoms with Crippen molar-refractivity contribution in [2.45, 2.75) is 33.1 Å². The minimum Gasteiger partial charge on any atom is -0.378 e. The Labute approximate surface area is 231 Å². The number of nitrogens with one attached hydrogen (secondary N) is 1. The van der Waals surface area contributed by atoms with Gasteiger partial charge in [-0.05, 0) is 83.5 Å². The van der Waals surface area contributed by atoms with Crippen molar-refractivity contribution in [1.29, 1.82) is 0 Å². The van der Waals surface area contributed by atoms with E-state index in [1.807, 2.05) is 43.5 Å². The molecule has 39 heavy (non-hydrogen) atoms. The Hall–Kier alpha value is -3.96. The summed E-state index contributed by atoms with van der Waals surface area (Å²) in [4.78, 5) is 20.1. The molecule has 200 valence electrons. The zero-order valence-electron chi connectivity index (χ0n) is 23.1. The molecule has 4 aromatic rings. The second kappa shape index (κ2) is 12.3. The number of pyridine rings is 1. The van der Waals surface area contributed by atoms with Crippen molar-refractivity contribution < 1.29 is 9.53 Å². The molecule has 1 aliphatic heterocycles. The molecule has 1 saturated heterocycles. The summed E-state index contributed by atoms with van der Waals surface area (Å²) in [6.45, 7) is 9.74. The number of nitrogens with zero attached hydrogens (tertiary/aromatic N) is 2. The fourth-order valence-corrected chi connectivity index (χ4v) is 5.16. The van der Waals surface area contributed by atoms with Crippen LogP contribution in [0.15, 0.2) is 91.1 Å². The molecule has 0 saturated carbocycles. The largest absolute Gasteiger partial charge is 0.378 e. The van der Waals surface area contributed by atoms with Gasteiger partial charge in [-0.2, -0.15) is 0 Å². The molecule has 2 heterocycles. The summed E-state index contributed by atoms with van der Waals surface area (Å²) in [6, 6.07) is 29.3. The summed E-state index contributed by atoms with van der Waals surface area (Å²) in [5.41, 5.74) is 8.61.